The lowest BCUT2D eigenvalue weighted by Crippen LogP contribution is -2.75. The van der Waals surface area contributed by atoms with Gasteiger partial charge in [0.2, 0.25) is 0 Å². The number of nitrogens with one attached hydrogen (secondary N) is 1. The number of hydrogen-bond donors (Lipinski definition) is 1. The van der Waals surface area contributed by atoms with Crippen molar-refractivity contribution in [2.45, 2.75) is 141 Å². The average Bonchev–Trinajstić information content (AvgIpc) is 3.30. The monoisotopic (exact) mass is 1050 g/mol. The fourth-order valence-corrected chi connectivity index (χ4v) is 14.8. The van der Waals surface area contributed by atoms with Crippen LogP contribution in [0, 0.1) is 0 Å². The number of methoxy groups -OCH3 is 1. The van der Waals surface area contributed by atoms with Gasteiger partial charge in [-0.1, -0.05) is 143 Å². The zero-order valence-corrected chi connectivity index (χ0v) is 43.3. The van der Waals surface area contributed by atoms with E-state index in [4.69, 9.17) is 76.8 Å². The predicted molar refractivity (Wildman–Crippen MR) is 256 cm³/mol. The molecule has 1 unspecified atom stereocenters. The molecule has 3 heterocycles. The molecule has 16 nitrogen and oxygen atoms in total. The van der Waals surface area contributed by atoms with E-state index in [0.717, 1.165) is 18.9 Å². The number of benzene rings is 3. The Kier molecular flexibility index (Phi) is 17.7. The summed E-state index contributed by atoms with van der Waals surface area (Å²) < 4.78 is 55.2. The standard InChI is InChI=1S/C48H56Cl3NO15SSi/c1-27(53)24-25-32(54)62-35-33(52-45(58)48(49,50)51)43(61-31-26-60-69(46(2,3)4,47(5,6)7)67-34(31)35)65-36-37(63-40(55)28-18-12-9-13-19-28)39(64-41(56)29-20-14-10-15-21-29)44(66-38(36)42(57)59-8)68-30-22-16-11-17-23-30/h9-23,31,33-39,43-44H,24-26H2,1-8H3,(H,52,58)/t31-,33-,34-,35-,36+,37+,38+,39-,43+,44?/m1/s1. The van der Waals surface area contributed by atoms with Crippen molar-refractivity contribution in [1.29, 1.82) is 0 Å². The Balaban J connectivity index is 1.52. The number of alkyl halides is 3. The molecular weight excluding hydrogens is 997 g/mol. The number of carbonyl (C=O) groups excluding carboxylic acids is 6. The average molecular weight is 1050 g/mol. The molecule has 0 radical (unpaired) electrons. The molecule has 0 saturated carbocycles. The van der Waals surface area contributed by atoms with Gasteiger partial charge in [-0.2, -0.15) is 0 Å². The number of thioether (sulfide) groups is 1. The molecule has 0 aliphatic carbocycles. The van der Waals surface area contributed by atoms with Crippen LogP contribution in [0.25, 0.3) is 0 Å². The minimum Gasteiger partial charge on any atom is -0.467 e. The fourth-order valence-electron chi connectivity index (χ4n) is 8.59. The number of ketones is 1. The van der Waals surface area contributed by atoms with Gasteiger partial charge >= 0.3 is 32.4 Å². The van der Waals surface area contributed by atoms with E-state index in [1.54, 1.807) is 66.7 Å². The van der Waals surface area contributed by atoms with Crippen molar-refractivity contribution in [2.75, 3.05) is 13.7 Å². The number of rotatable bonds is 14. The molecule has 3 aromatic carbocycles. The number of carbonyl (C=O) groups is 6. The fraction of sp³-hybridized carbons (Fsp3) is 0.500. The molecule has 6 rings (SSSR count). The molecular formula is C48H56Cl3NO15SSi. The highest BCUT2D eigenvalue weighted by molar-refractivity contribution is 7.99. The highest BCUT2D eigenvalue weighted by Crippen LogP contribution is 2.55. The number of halogens is 3. The van der Waals surface area contributed by atoms with Crippen LogP contribution in [-0.4, -0.2) is 122 Å². The molecule has 3 saturated heterocycles. The minimum absolute atomic E-state index is 0.0849. The van der Waals surface area contributed by atoms with Crippen molar-refractivity contribution in [2.24, 2.45) is 0 Å². The smallest absolute Gasteiger partial charge is 0.349 e. The van der Waals surface area contributed by atoms with Gasteiger partial charge in [0.1, 0.15) is 35.6 Å². The van der Waals surface area contributed by atoms with Gasteiger partial charge in [-0.25, -0.2) is 14.4 Å². The van der Waals surface area contributed by atoms with Crippen LogP contribution in [-0.2, 0) is 61.2 Å². The lowest BCUT2D eigenvalue weighted by Gasteiger charge is -2.58. The SMILES string of the molecule is COC(=O)[C@H]1OC(Sc2ccccc2)[C@H](OC(=O)c2ccccc2)[C@@H](OC(=O)c2ccccc2)[C@@H]1O[C@@H]1O[C@@H]2CO[Si](C(C)(C)C)(C(C)(C)C)O[C@H]2[C@H](OC(=O)CCC(C)=O)[C@H]1NC(=O)C(Cl)(Cl)Cl. The van der Waals surface area contributed by atoms with Crippen molar-refractivity contribution in [1.82, 2.24) is 5.32 Å². The van der Waals surface area contributed by atoms with E-state index >= 15 is 0 Å². The van der Waals surface area contributed by atoms with Crippen LogP contribution in [0.2, 0.25) is 10.1 Å². The third-order valence-electron chi connectivity index (χ3n) is 11.6. The Morgan fingerprint density at radius 1 is 0.710 bits per heavy atom. The van der Waals surface area contributed by atoms with E-state index in [9.17, 15) is 28.8 Å². The molecule has 0 spiro atoms. The van der Waals surface area contributed by atoms with E-state index in [2.05, 4.69) is 5.32 Å². The van der Waals surface area contributed by atoms with Gasteiger partial charge in [-0.15, -0.1) is 0 Å². The quantitative estimate of drug-likeness (QED) is 0.0709. The summed E-state index contributed by atoms with van der Waals surface area (Å²) in [6.45, 7) is 13.0. The summed E-state index contributed by atoms with van der Waals surface area (Å²) in [6.07, 6.45) is -13.0. The zero-order chi connectivity index (χ0) is 50.5. The van der Waals surface area contributed by atoms with Crippen molar-refractivity contribution >= 4 is 90.7 Å². The third kappa shape index (κ3) is 12.9. The van der Waals surface area contributed by atoms with Crippen LogP contribution in [0.5, 0.6) is 0 Å². The highest BCUT2D eigenvalue weighted by Gasteiger charge is 2.66. The van der Waals surface area contributed by atoms with Crippen molar-refractivity contribution in [3.63, 3.8) is 0 Å². The number of amides is 1. The van der Waals surface area contributed by atoms with E-state index in [-0.39, 0.29) is 36.4 Å². The first-order valence-electron chi connectivity index (χ1n) is 22.1. The first-order valence-corrected chi connectivity index (χ1v) is 25.9. The first kappa shape index (κ1) is 54.3. The summed E-state index contributed by atoms with van der Waals surface area (Å²) in [5.41, 5.74) is -1.06. The maximum Gasteiger partial charge on any atom is 0.349 e. The Morgan fingerprint density at radius 2 is 1.25 bits per heavy atom. The summed E-state index contributed by atoms with van der Waals surface area (Å²) in [5.74, 6) is -5.11. The number of hydrogen-bond acceptors (Lipinski definition) is 16. The Morgan fingerprint density at radius 3 is 1.75 bits per heavy atom. The molecule has 1 N–H and O–H groups in total. The van der Waals surface area contributed by atoms with Gasteiger partial charge in [-0.05, 0) is 43.3 Å². The van der Waals surface area contributed by atoms with Crippen LogP contribution < -0.4 is 5.32 Å². The summed E-state index contributed by atoms with van der Waals surface area (Å²) in [6, 6.07) is 23.1. The van der Waals surface area contributed by atoms with Crippen LogP contribution >= 0.6 is 46.6 Å². The normalized spacial score (nSPS) is 26.9. The molecule has 374 valence electrons. The number of ether oxygens (including phenoxy) is 7. The largest absolute Gasteiger partial charge is 0.467 e. The maximum absolute atomic E-state index is 14.3. The summed E-state index contributed by atoms with van der Waals surface area (Å²) in [5, 5.41) is 1.40. The molecule has 3 aliphatic rings. The van der Waals surface area contributed by atoms with Crippen molar-refractivity contribution in [3.8, 4) is 0 Å². The van der Waals surface area contributed by atoms with Crippen LogP contribution in [0.4, 0.5) is 0 Å². The Bertz CT molecular complexity index is 2280. The van der Waals surface area contributed by atoms with Gasteiger partial charge < -0.3 is 52.1 Å². The number of Topliss-reactive ketones (excluding diaryl/α,β-unsaturated/α-hetero) is 1. The Labute approximate surface area is 421 Å². The third-order valence-corrected chi connectivity index (χ3v) is 18.4. The van der Waals surface area contributed by atoms with Crippen molar-refractivity contribution < 1.29 is 70.8 Å². The van der Waals surface area contributed by atoms with E-state index in [0.29, 0.717) is 4.90 Å². The molecule has 1 amide bonds. The second-order valence-corrected chi connectivity index (χ2v) is 26.9. The topological polar surface area (TPSA) is 198 Å². The molecule has 0 bridgehead atoms. The lowest BCUT2D eigenvalue weighted by atomic mass is 9.95. The van der Waals surface area contributed by atoms with E-state index in [1.165, 1.54) is 31.2 Å². The van der Waals surface area contributed by atoms with Crippen molar-refractivity contribution in [3.05, 3.63) is 102 Å². The van der Waals surface area contributed by atoms with Gasteiger partial charge in [0.25, 0.3) is 9.70 Å². The number of esters is 4. The van der Waals surface area contributed by atoms with Gasteiger partial charge in [0.05, 0.1) is 31.3 Å². The maximum atomic E-state index is 14.3. The van der Waals surface area contributed by atoms with Gasteiger partial charge in [-0.3, -0.25) is 9.59 Å². The lowest BCUT2D eigenvalue weighted by molar-refractivity contribution is -0.319. The predicted octanol–water partition coefficient (Wildman–Crippen LogP) is 7.83. The zero-order valence-electron chi connectivity index (χ0n) is 39.2. The second kappa shape index (κ2) is 22.6. The minimum atomic E-state index is -3.43. The van der Waals surface area contributed by atoms with E-state index < -0.39 is 113 Å². The van der Waals surface area contributed by atoms with E-state index in [1.807, 2.05) is 41.5 Å². The second-order valence-electron chi connectivity index (χ2n) is 18.7. The van der Waals surface area contributed by atoms with Gasteiger partial charge in [0.15, 0.2) is 30.7 Å². The molecule has 10 atom stereocenters. The molecule has 3 aromatic rings. The summed E-state index contributed by atoms with van der Waals surface area (Å²) in [7, 11) is -2.32. The number of fused-ring (bicyclic) bond motifs is 1. The summed E-state index contributed by atoms with van der Waals surface area (Å²) in [4.78, 5) is 82.8. The van der Waals surface area contributed by atoms with Crippen LogP contribution in [0.3, 0.4) is 0 Å². The molecule has 3 fully saturated rings. The summed E-state index contributed by atoms with van der Waals surface area (Å²) >= 11 is 19.6. The molecule has 0 aromatic heterocycles. The molecule has 69 heavy (non-hydrogen) atoms. The molecule has 3 aliphatic heterocycles. The van der Waals surface area contributed by atoms with Crippen LogP contribution in [0.15, 0.2) is 95.9 Å². The first-order chi connectivity index (χ1) is 32.4. The van der Waals surface area contributed by atoms with Crippen LogP contribution in [0.1, 0.15) is 82.0 Å². The Hall–Kier alpha value is -4.08. The highest BCUT2D eigenvalue weighted by atomic mass is 35.6. The van der Waals surface area contributed by atoms with Gasteiger partial charge in [0, 0.05) is 21.4 Å². The molecule has 21 heteroatoms.